The van der Waals surface area contributed by atoms with Crippen molar-refractivity contribution in [3.8, 4) is 0 Å². The van der Waals surface area contributed by atoms with Crippen LogP contribution < -0.4 is 0 Å². The summed E-state index contributed by atoms with van der Waals surface area (Å²) in [4.78, 5) is 20.5. The molecule has 4 nitrogen and oxygen atoms in total. The van der Waals surface area contributed by atoms with E-state index in [1.807, 2.05) is 12.1 Å². The number of allylic oxidation sites excluding steroid dienone is 1. The average molecular weight is 465 g/mol. The zero-order valence-corrected chi connectivity index (χ0v) is 19.5. The number of hydrogen-bond acceptors (Lipinski definition) is 4. The molecule has 0 bridgehead atoms. The fourth-order valence-corrected chi connectivity index (χ4v) is 6.78. The molecule has 0 saturated carbocycles. The summed E-state index contributed by atoms with van der Waals surface area (Å²) < 4.78 is 6.30. The molecule has 0 aromatic heterocycles. The van der Waals surface area contributed by atoms with Gasteiger partial charge >= 0.3 is 0 Å². The standard InChI is InChI=1S/C26H25ClN2O2S/c27-19-10-9-17-5-1-3-7-20(21(17)15-19)23-24(30)28-25(32-23)29-13-11-26(12-14-29)22-8-4-2-6-18(22)16-31-26/h2,4,6,8-10,15H,1,3,5,7,11-14,16H2/b23-20-. The maximum absolute atomic E-state index is 13.0. The molecule has 3 heterocycles. The van der Waals surface area contributed by atoms with E-state index in [2.05, 4.69) is 40.2 Å². The minimum Gasteiger partial charge on any atom is -0.365 e. The van der Waals surface area contributed by atoms with Crippen LogP contribution in [0.25, 0.3) is 5.57 Å². The molecule has 1 fully saturated rings. The van der Waals surface area contributed by atoms with Gasteiger partial charge in [-0.15, -0.1) is 0 Å². The summed E-state index contributed by atoms with van der Waals surface area (Å²) in [5.74, 6) is -0.101. The Bertz CT molecular complexity index is 1160. The molecule has 0 N–H and O–H groups in total. The summed E-state index contributed by atoms with van der Waals surface area (Å²) >= 11 is 7.87. The molecule has 164 valence electrons. The predicted octanol–water partition coefficient (Wildman–Crippen LogP) is 5.93. The quantitative estimate of drug-likeness (QED) is 0.358. The first-order valence-electron chi connectivity index (χ1n) is 11.4. The number of nitrogens with zero attached hydrogens (tertiary/aromatic N) is 2. The van der Waals surface area contributed by atoms with E-state index in [1.165, 1.54) is 16.7 Å². The highest BCUT2D eigenvalue weighted by Crippen LogP contribution is 2.46. The first kappa shape index (κ1) is 20.5. The molecule has 32 heavy (non-hydrogen) atoms. The number of aryl methyl sites for hydroxylation is 1. The van der Waals surface area contributed by atoms with Crippen molar-refractivity contribution in [2.75, 3.05) is 13.1 Å². The van der Waals surface area contributed by atoms with Crippen LogP contribution in [0, 0.1) is 0 Å². The van der Waals surface area contributed by atoms with E-state index < -0.39 is 0 Å². The smallest absolute Gasteiger partial charge is 0.286 e. The maximum atomic E-state index is 13.0. The molecule has 1 spiro atoms. The molecule has 1 aliphatic carbocycles. The van der Waals surface area contributed by atoms with Crippen molar-refractivity contribution in [3.63, 3.8) is 0 Å². The van der Waals surface area contributed by atoms with Gasteiger partial charge in [0.05, 0.1) is 17.1 Å². The number of likely N-dealkylation sites (tertiary alicyclic amines) is 1. The number of ether oxygens (including phenoxy) is 1. The minimum atomic E-state index is -0.181. The fourth-order valence-electron chi connectivity index (χ4n) is 5.51. The van der Waals surface area contributed by atoms with E-state index in [1.54, 1.807) is 11.8 Å². The molecule has 2 aromatic carbocycles. The van der Waals surface area contributed by atoms with Crippen molar-refractivity contribution >= 4 is 40.0 Å². The monoisotopic (exact) mass is 464 g/mol. The number of rotatable bonds is 0. The van der Waals surface area contributed by atoms with E-state index in [-0.39, 0.29) is 11.5 Å². The Morgan fingerprint density at radius 1 is 1.03 bits per heavy atom. The lowest BCUT2D eigenvalue weighted by molar-refractivity contribution is -0.113. The second-order valence-electron chi connectivity index (χ2n) is 9.05. The number of carbonyl (C=O) groups excluding carboxylic acids is 1. The maximum Gasteiger partial charge on any atom is 0.286 e. The van der Waals surface area contributed by atoms with Gasteiger partial charge in [0.2, 0.25) is 0 Å². The number of piperidine rings is 1. The zero-order valence-electron chi connectivity index (χ0n) is 17.9. The highest BCUT2D eigenvalue weighted by atomic mass is 35.5. The van der Waals surface area contributed by atoms with Gasteiger partial charge in [-0.2, -0.15) is 4.99 Å². The van der Waals surface area contributed by atoms with Crippen molar-refractivity contribution in [3.05, 3.63) is 74.6 Å². The number of carbonyl (C=O) groups is 1. The van der Waals surface area contributed by atoms with Crippen LogP contribution in [0.5, 0.6) is 0 Å². The lowest BCUT2D eigenvalue weighted by Crippen LogP contribution is -2.44. The highest BCUT2D eigenvalue weighted by Gasteiger charge is 2.43. The lowest BCUT2D eigenvalue weighted by atomic mass is 9.84. The zero-order chi connectivity index (χ0) is 21.7. The molecule has 0 unspecified atom stereocenters. The van der Waals surface area contributed by atoms with Gasteiger partial charge in [0.15, 0.2) is 5.17 Å². The van der Waals surface area contributed by atoms with Crippen molar-refractivity contribution < 1.29 is 9.53 Å². The molecule has 3 aliphatic heterocycles. The SMILES string of the molecule is O=C1N=C(N2CCC3(CC2)OCc2ccccc23)S/C1=C1/CCCCc2ccc(Cl)cc21. The van der Waals surface area contributed by atoms with Crippen molar-refractivity contribution in [2.24, 2.45) is 4.99 Å². The number of fused-ring (bicyclic) bond motifs is 3. The number of amidine groups is 1. The Hall–Kier alpha value is -2.08. The van der Waals surface area contributed by atoms with Gasteiger partial charge in [0.25, 0.3) is 5.91 Å². The number of amides is 1. The van der Waals surface area contributed by atoms with E-state index in [9.17, 15) is 4.79 Å². The minimum absolute atomic E-state index is 0.101. The molecule has 1 saturated heterocycles. The molecular formula is C26H25ClN2O2S. The van der Waals surface area contributed by atoms with Gasteiger partial charge in [0.1, 0.15) is 0 Å². The van der Waals surface area contributed by atoms with E-state index in [4.69, 9.17) is 16.3 Å². The Kier molecular flexibility index (Phi) is 5.16. The summed E-state index contributed by atoms with van der Waals surface area (Å²) in [5, 5.41) is 1.56. The van der Waals surface area contributed by atoms with Crippen LogP contribution in [-0.2, 0) is 28.2 Å². The Morgan fingerprint density at radius 2 is 1.84 bits per heavy atom. The summed E-state index contributed by atoms with van der Waals surface area (Å²) in [5.41, 5.74) is 6.01. The summed E-state index contributed by atoms with van der Waals surface area (Å²) in [6.07, 6.45) is 5.98. The number of hydrogen-bond donors (Lipinski definition) is 0. The number of benzene rings is 2. The van der Waals surface area contributed by atoms with Gasteiger partial charge in [-0.3, -0.25) is 4.79 Å². The third-order valence-electron chi connectivity index (χ3n) is 7.23. The van der Waals surface area contributed by atoms with Crippen LogP contribution in [0.1, 0.15) is 54.4 Å². The van der Waals surface area contributed by atoms with Gasteiger partial charge in [0, 0.05) is 18.1 Å². The fraction of sp³-hybridized carbons (Fsp3) is 0.385. The van der Waals surface area contributed by atoms with E-state index in [0.29, 0.717) is 6.61 Å². The van der Waals surface area contributed by atoms with Gasteiger partial charge in [-0.1, -0.05) is 41.9 Å². The number of aliphatic imine (C=N–C) groups is 1. The van der Waals surface area contributed by atoms with Crippen LogP contribution in [0.2, 0.25) is 5.02 Å². The van der Waals surface area contributed by atoms with E-state index >= 15 is 0 Å². The molecule has 2 aromatic rings. The second-order valence-corrected chi connectivity index (χ2v) is 10.5. The molecule has 0 atom stereocenters. The Balaban J connectivity index is 1.24. The first-order chi connectivity index (χ1) is 15.6. The number of thioether (sulfide) groups is 1. The molecule has 0 radical (unpaired) electrons. The lowest BCUT2D eigenvalue weighted by Gasteiger charge is -2.39. The first-order valence-corrected chi connectivity index (χ1v) is 12.6. The molecule has 6 heteroatoms. The summed E-state index contributed by atoms with van der Waals surface area (Å²) in [6.45, 7) is 2.39. The predicted molar refractivity (Wildman–Crippen MR) is 130 cm³/mol. The third-order valence-corrected chi connectivity index (χ3v) is 8.62. The van der Waals surface area contributed by atoms with Crippen LogP contribution >= 0.6 is 23.4 Å². The molecule has 6 rings (SSSR count). The summed E-state index contributed by atoms with van der Waals surface area (Å²) in [7, 11) is 0. The normalized spacial score (nSPS) is 24.3. The second kappa shape index (κ2) is 8.05. The molecule has 1 amide bonds. The van der Waals surface area contributed by atoms with Crippen LogP contribution in [-0.4, -0.2) is 29.1 Å². The largest absolute Gasteiger partial charge is 0.365 e. The topological polar surface area (TPSA) is 41.9 Å². The van der Waals surface area contributed by atoms with Crippen LogP contribution in [0.3, 0.4) is 0 Å². The van der Waals surface area contributed by atoms with Crippen LogP contribution in [0.4, 0.5) is 0 Å². The van der Waals surface area contributed by atoms with Crippen LogP contribution in [0.15, 0.2) is 52.4 Å². The Morgan fingerprint density at radius 3 is 2.72 bits per heavy atom. The van der Waals surface area contributed by atoms with Crippen molar-refractivity contribution in [1.29, 1.82) is 0 Å². The van der Waals surface area contributed by atoms with Gasteiger partial charge in [-0.25, -0.2) is 0 Å². The highest BCUT2D eigenvalue weighted by molar-refractivity contribution is 8.18. The third kappa shape index (κ3) is 3.42. The van der Waals surface area contributed by atoms with Crippen molar-refractivity contribution in [2.45, 2.75) is 50.7 Å². The average Bonchev–Trinajstić information content (AvgIpc) is 3.29. The molecular weight excluding hydrogens is 440 g/mol. The van der Waals surface area contributed by atoms with E-state index in [0.717, 1.165) is 77.8 Å². The van der Waals surface area contributed by atoms with Gasteiger partial charge < -0.3 is 9.64 Å². The van der Waals surface area contributed by atoms with Gasteiger partial charge in [-0.05, 0) is 90.2 Å². The number of halogens is 1. The van der Waals surface area contributed by atoms with Crippen molar-refractivity contribution in [1.82, 2.24) is 4.90 Å². The Labute approximate surface area is 197 Å². The summed E-state index contributed by atoms with van der Waals surface area (Å²) in [6, 6.07) is 14.6. The molecule has 4 aliphatic rings.